The summed E-state index contributed by atoms with van der Waals surface area (Å²) in [5.74, 6) is 0. The third-order valence-corrected chi connectivity index (χ3v) is 4.91. The number of hydrogen-bond donors (Lipinski definition) is 0. The van der Waals surface area contributed by atoms with Gasteiger partial charge in [0.1, 0.15) is 0 Å². The van der Waals surface area contributed by atoms with E-state index in [1.165, 1.54) is 42.4 Å². The summed E-state index contributed by atoms with van der Waals surface area (Å²) >= 11 is 0. The third-order valence-electron chi connectivity index (χ3n) is 4.91. The molecule has 0 saturated carbocycles. The van der Waals surface area contributed by atoms with Gasteiger partial charge in [0.25, 0.3) is 0 Å². The highest BCUT2D eigenvalue weighted by atomic mass is 15.3. The summed E-state index contributed by atoms with van der Waals surface area (Å²) in [5, 5.41) is 2.58. The predicted octanol–water partition coefficient (Wildman–Crippen LogP) is 2.91. The highest BCUT2D eigenvalue weighted by molar-refractivity contribution is 5.93. The fourth-order valence-electron chi connectivity index (χ4n) is 3.87. The molecule has 4 rings (SSSR count). The van der Waals surface area contributed by atoms with Gasteiger partial charge in [0.15, 0.2) is 0 Å². The zero-order valence-electron chi connectivity index (χ0n) is 12.0. The first-order chi connectivity index (χ1) is 9.83. The summed E-state index contributed by atoms with van der Waals surface area (Å²) in [6.07, 6.45) is 6.61. The standard InChI is InChI=1S/C17H21N3/c1-13-11-19-9-3-5-15(19)12-20(13)17-6-2-4-14-7-8-18-10-16(14)17/h2,4,6-8,10,13,15H,3,5,9,11-12H2,1H3. The molecule has 2 atom stereocenters. The van der Waals surface area contributed by atoms with Crippen LogP contribution >= 0.6 is 0 Å². The first-order valence-electron chi connectivity index (χ1n) is 7.66. The average Bonchev–Trinajstić information content (AvgIpc) is 2.93. The summed E-state index contributed by atoms with van der Waals surface area (Å²) in [5.41, 5.74) is 1.36. The third kappa shape index (κ3) is 1.88. The van der Waals surface area contributed by atoms with Gasteiger partial charge in [-0.15, -0.1) is 0 Å². The minimum absolute atomic E-state index is 0.579. The molecule has 20 heavy (non-hydrogen) atoms. The summed E-state index contributed by atoms with van der Waals surface area (Å²) in [6.45, 7) is 6.00. The van der Waals surface area contributed by atoms with E-state index in [1.54, 1.807) is 0 Å². The van der Waals surface area contributed by atoms with Gasteiger partial charge in [0.05, 0.1) is 0 Å². The second kappa shape index (κ2) is 4.74. The molecule has 0 bridgehead atoms. The van der Waals surface area contributed by atoms with Crippen LogP contribution in [0.15, 0.2) is 36.7 Å². The van der Waals surface area contributed by atoms with Crippen molar-refractivity contribution >= 4 is 16.5 Å². The molecule has 1 aromatic carbocycles. The first kappa shape index (κ1) is 12.2. The Kier molecular flexibility index (Phi) is 2.88. The van der Waals surface area contributed by atoms with Crippen LogP contribution in [-0.4, -0.2) is 41.6 Å². The van der Waals surface area contributed by atoms with Gasteiger partial charge in [-0.1, -0.05) is 12.1 Å². The average molecular weight is 267 g/mol. The normalized spacial score (nSPS) is 26.9. The van der Waals surface area contributed by atoms with Gasteiger partial charge in [0, 0.05) is 48.6 Å². The maximum atomic E-state index is 4.32. The molecule has 3 heteroatoms. The maximum Gasteiger partial charge on any atom is 0.0464 e. The van der Waals surface area contributed by atoms with Crippen LogP contribution in [-0.2, 0) is 0 Å². The van der Waals surface area contributed by atoms with Crippen molar-refractivity contribution in [2.75, 3.05) is 24.5 Å². The Hall–Kier alpha value is -1.61. The summed E-state index contributed by atoms with van der Waals surface area (Å²) in [6, 6.07) is 10.0. The van der Waals surface area contributed by atoms with Crippen molar-refractivity contribution in [3.63, 3.8) is 0 Å². The van der Waals surface area contributed by atoms with Crippen LogP contribution < -0.4 is 4.90 Å². The molecule has 2 fully saturated rings. The number of aromatic nitrogens is 1. The lowest BCUT2D eigenvalue weighted by atomic mass is 10.0. The van der Waals surface area contributed by atoms with Crippen LogP contribution in [0.1, 0.15) is 19.8 Å². The Balaban J connectivity index is 1.75. The second-order valence-corrected chi connectivity index (χ2v) is 6.17. The zero-order chi connectivity index (χ0) is 13.5. The fourth-order valence-corrected chi connectivity index (χ4v) is 3.87. The number of benzene rings is 1. The number of rotatable bonds is 1. The molecular formula is C17H21N3. The molecule has 2 saturated heterocycles. The molecule has 0 spiro atoms. The van der Waals surface area contributed by atoms with Gasteiger partial charge < -0.3 is 4.90 Å². The molecular weight excluding hydrogens is 246 g/mol. The van der Waals surface area contributed by atoms with E-state index in [1.807, 2.05) is 12.4 Å². The van der Waals surface area contributed by atoms with Gasteiger partial charge in [0.2, 0.25) is 0 Å². The van der Waals surface area contributed by atoms with E-state index in [9.17, 15) is 0 Å². The van der Waals surface area contributed by atoms with Crippen LogP contribution in [0.2, 0.25) is 0 Å². The van der Waals surface area contributed by atoms with Gasteiger partial charge in [-0.2, -0.15) is 0 Å². The SMILES string of the molecule is CC1CN2CCCC2CN1c1cccc2ccncc12. The van der Waals surface area contributed by atoms with Crippen LogP contribution in [0.25, 0.3) is 10.8 Å². The predicted molar refractivity (Wildman–Crippen MR) is 83.1 cm³/mol. The maximum absolute atomic E-state index is 4.32. The Morgan fingerprint density at radius 2 is 2.15 bits per heavy atom. The van der Waals surface area contributed by atoms with Crippen LogP contribution in [0.3, 0.4) is 0 Å². The topological polar surface area (TPSA) is 19.4 Å². The molecule has 2 aliphatic rings. The Morgan fingerprint density at radius 1 is 1.20 bits per heavy atom. The molecule has 2 unspecified atom stereocenters. The van der Waals surface area contributed by atoms with Gasteiger partial charge >= 0.3 is 0 Å². The molecule has 104 valence electrons. The van der Waals surface area contributed by atoms with Gasteiger partial charge in [-0.3, -0.25) is 9.88 Å². The van der Waals surface area contributed by atoms with E-state index in [0.717, 1.165) is 12.6 Å². The van der Waals surface area contributed by atoms with Crippen LogP contribution in [0, 0.1) is 0 Å². The van der Waals surface area contributed by atoms with E-state index in [4.69, 9.17) is 0 Å². The van der Waals surface area contributed by atoms with E-state index in [2.05, 4.69) is 46.0 Å². The van der Waals surface area contributed by atoms with E-state index in [-0.39, 0.29) is 0 Å². The number of hydrogen-bond acceptors (Lipinski definition) is 3. The van der Waals surface area contributed by atoms with Crippen molar-refractivity contribution in [2.45, 2.75) is 31.8 Å². The van der Waals surface area contributed by atoms with Crippen molar-refractivity contribution in [3.05, 3.63) is 36.7 Å². The van der Waals surface area contributed by atoms with Crippen molar-refractivity contribution < 1.29 is 0 Å². The van der Waals surface area contributed by atoms with Crippen LogP contribution in [0.5, 0.6) is 0 Å². The minimum Gasteiger partial charge on any atom is -0.365 e. The lowest BCUT2D eigenvalue weighted by molar-refractivity contribution is 0.203. The van der Waals surface area contributed by atoms with E-state index < -0.39 is 0 Å². The summed E-state index contributed by atoms with van der Waals surface area (Å²) < 4.78 is 0. The van der Waals surface area contributed by atoms with E-state index in [0.29, 0.717) is 6.04 Å². The number of anilines is 1. The Labute approximate surface area is 120 Å². The summed E-state index contributed by atoms with van der Waals surface area (Å²) in [4.78, 5) is 9.59. The quantitative estimate of drug-likeness (QED) is 0.792. The first-order valence-corrected chi connectivity index (χ1v) is 7.66. The number of nitrogens with zero attached hydrogens (tertiary/aromatic N) is 3. The highest BCUT2D eigenvalue weighted by Gasteiger charge is 2.34. The molecule has 1 aromatic heterocycles. The second-order valence-electron chi connectivity index (χ2n) is 6.17. The molecule has 0 aliphatic carbocycles. The molecule has 0 amide bonds. The van der Waals surface area contributed by atoms with Crippen LogP contribution in [0.4, 0.5) is 5.69 Å². The van der Waals surface area contributed by atoms with Gasteiger partial charge in [-0.25, -0.2) is 0 Å². The summed E-state index contributed by atoms with van der Waals surface area (Å²) in [7, 11) is 0. The monoisotopic (exact) mass is 267 g/mol. The molecule has 2 aliphatic heterocycles. The Bertz CT molecular complexity index is 619. The van der Waals surface area contributed by atoms with Crippen molar-refractivity contribution in [1.82, 2.24) is 9.88 Å². The van der Waals surface area contributed by atoms with Crippen molar-refractivity contribution in [1.29, 1.82) is 0 Å². The lowest BCUT2D eigenvalue weighted by Gasteiger charge is -2.44. The molecule has 3 nitrogen and oxygen atoms in total. The fraction of sp³-hybridized carbons (Fsp3) is 0.471. The molecule has 0 N–H and O–H groups in total. The highest BCUT2D eigenvalue weighted by Crippen LogP contribution is 2.32. The smallest absolute Gasteiger partial charge is 0.0464 e. The molecule has 2 aromatic rings. The van der Waals surface area contributed by atoms with E-state index >= 15 is 0 Å². The minimum atomic E-state index is 0.579. The van der Waals surface area contributed by atoms with Gasteiger partial charge in [-0.05, 0) is 43.8 Å². The molecule has 3 heterocycles. The number of pyridine rings is 1. The van der Waals surface area contributed by atoms with Crippen molar-refractivity contribution in [3.8, 4) is 0 Å². The largest absolute Gasteiger partial charge is 0.365 e. The molecule has 0 radical (unpaired) electrons. The lowest BCUT2D eigenvalue weighted by Crippen LogP contribution is -2.55. The Morgan fingerprint density at radius 3 is 3.10 bits per heavy atom. The number of fused-ring (bicyclic) bond motifs is 2. The zero-order valence-corrected chi connectivity index (χ0v) is 12.0. The van der Waals surface area contributed by atoms with Crippen molar-refractivity contribution in [2.24, 2.45) is 0 Å². The number of piperazine rings is 1.